The number of aryl methyl sites for hydroxylation is 1. The fourth-order valence-electron chi connectivity index (χ4n) is 2.54. The van der Waals surface area contributed by atoms with Crippen molar-refractivity contribution >= 4 is 0 Å². The average Bonchev–Trinajstić information content (AvgIpc) is 2.93. The van der Waals surface area contributed by atoms with Crippen LogP contribution in [0.2, 0.25) is 0 Å². The van der Waals surface area contributed by atoms with E-state index in [-0.39, 0.29) is 17.1 Å². The Hall–Kier alpha value is -1.76. The van der Waals surface area contributed by atoms with Gasteiger partial charge in [-0.05, 0) is 41.5 Å². The van der Waals surface area contributed by atoms with Crippen LogP contribution in [0.5, 0.6) is 0 Å². The summed E-state index contributed by atoms with van der Waals surface area (Å²) in [6.45, 7) is 12.7. The fraction of sp³-hybridized carbons (Fsp3) is 0.714. The zero-order valence-corrected chi connectivity index (χ0v) is 13.9. The summed E-state index contributed by atoms with van der Waals surface area (Å²) in [7, 11) is 1.93. The first-order chi connectivity index (χ1) is 9.60. The van der Waals surface area contributed by atoms with E-state index in [0.29, 0.717) is 0 Å². The van der Waals surface area contributed by atoms with E-state index in [0.717, 1.165) is 11.5 Å². The summed E-state index contributed by atoms with van der Waals surface area (Å²) in [4.78, 5) is 0. The van der Waals surface area contributed by atoms with E-state index in [1.807, 2.05) is 29.4 Å². The van der Waals surface area contributed by atoms with Gasteiger partial charge in [-0.25, -0.2) is 4.68 Å². The molecular weight excluding hydrogens is 266 g/mol. The van der Waals surface area contributed by atoms with Gasteiger partial charge in [0.05, 0.1) is 11.7 Å². The van der Waals surface area contributed by atoms with Gasteiger partial charge in [0, 0.05) is 12.6 Å². The molecule has 1 unspecified atom stereocenters. The smallest absolute Gasteiger partial charge is 0.157 e. The molecular formula is C14H25N7. The van der Waals surface area contributed by atoms with E-state index in [4.69, 9.17) is 0 Å². The third-order valence-electron chi connectivity index (χ3n) is 3.36. The standard InChI is InChI=1S/C14H25N7/c1-10(12-17-15-9-20(12)7)21-8-11(16-19-21)14(5,6)18-13(2,3)4/h8-10,18H,1-7H3. The van der Waals surface area contributed by atoms with E-state index < -0.39 is 0 Å². The maximum absolute atomic E-state index is 4.33. The van der Waals surface area contributed by atoms with Crippen molar-refractivity contribution in [2.75, 3.05) is 0 Å². The third-order valence-corrected chi connectivity index (χ3v) is 3.36. The molecule has 0 fully saturated rings. The molecule has 1 atom stereocenters. The lowest BCUT2D eigenvalue weighted by Gasteiger charge is -2.33. The summed E-state index contributed by atoms with van der Waals surface area (Å²) >= 11 is 0. The number of hydrogen-bond acceptors (Lipinski definition) is 5. The van der Waals surface area contributed by atoms with Gasteiger partial charge in [0.25, 0.3) is 0 Å². The summed E-state index contributed by atoms with van der Waals surface area (Å²) in [6, 6.07) is -0.0100. The molecule has 0 saturated carbocycles. The van der Waals surface area contributed by atoms with Crippen molar-refractivity contribution in [3.63, 3.8) is 0 Å². The molecule has 0 aliphatic carbocycles. The van der Waals surface area contributed by atoms with Crippen molar-refractivity contribution in [2.24, 2.45) is 7.05 Å². The van der Waals surface area contributed by atoms with E-state index in [1.54, 1.807) is 6.33 Å². The molecule has 0 bridgehead atoms. The first-order valence-electron chi connectivity index (χ1n) is 7.16. The van der Waals surface area contributed by atoms with Gasteiger partial charge in [-0.3, -0.25) is 0 Å². The molecule has 2 rings (SSSR count). The molecule has 7 heteroatoms. The van der Waals surface area contributed by atoms with Crippen LogP contribution in [-0.2, 0) is 12.6 Å². The van der Waals surface area contributed by atoms with Gasteiger partial charge in [-0.2, -0.15) is 0 Å². The quantitative estimate of drug-likeness (QED) is 0.927. The van der Waals surface area contributed by atoms with Crippen molar-refractivity contribution < 1.29 is 0 Å². The fourth-order valence-corrected chi connectivity index (χ4v) is 2.54. The Balaban J connectivity index is 2.24. The van der Waals surface area contributed by atoms with Crippen molar-refractivity contribution in [1.82, 2.24) is 35.1 Å². The second-order valence-corrected chi connectivity index (χ2v) is 7.06. The van der Waals surface area contributed by atoms with Gasteiger partial charge in [-0.15, -0.1) is 15.3 Å². The number of nitrogens with one attached hydrogen (secondary N) is 1. The molecule has 0 saturated heterocycles. The minimum Gasteiger partial charge on any atom is -0.319 e. The predicted molar refractivity (Wildman–Crippen MR) is 80.8 cm³/mol. The molecule has 21 heavy (non-hydrogen) atoms. The van der Waals surface area contributed by atoms with Crippen molar-refractivity contribution in [3.05, 3.63) is 24.0 Å². The summed E-state index contributed by atoms with van der Waals surface area (Å²) in [5, 5.41) is 20.2. The highest BCUT2D eigenvalue weighted by atomic mass is 15.5. The monoisotopic (exact) mass is 291 g/mol. The van der Waals surface area contributed by atoms with E-state index in [9.17, 15) is 0 Å². The molecule has 2 aromatic rings. The van der Waals surface area contributed by atoms with E-state index >= 15 is 0 Å². The Morgan fingerprint density at radius 2 is 1.81 bits per heavy atom. The van der Waals surface area contributed by atoms with Crippen LogP contribution in [0.3, 0.4) is 0 Å². The molecule has 0 amide bonds. The van der Waals surface area contributed by atoms with E-state index in [2.05, 4.69) is 60.4 Å². The van der Waals surface area contributed by atoms with Crippen LogP contribution in [0.1, 0.15) is 59.1 Å². The second-order valence-electron chi connectivity index (χ2n) is 7.06. The molecule has 0 aliphatic rings. The first kappa shape index (κ1) is 15.6. The lowest BCUT2D eigenvalue weighted by atomic mass is 9.96. The molecule has 7 nitrogen and oxygen atoms in total. The topological polar surface area (TPSA) is 73.5 Å². The Morgan fingerprint density at radius 3 is 2.33 bits per heavy atom. The molecule has 2 aromatic heterocycles. The van der Waals surface area contributed by atoms with Crippen LogP contribution in [-0.4, -0.2) is 35.3 Å². The first-order valence-corrected chi connectivity index (χ1v) is 7.16. The normalized spacial score (nSPS) is 14.4. The number of hydrogen-bond donors (Lipinski definition) is 1. The lowest BCUT2D eigenvalue weighted by Crippen LogP contribution is -2.48. The van der Waals surface area contributed by atoms with Crippen LogP contribution in [0.15, 0.2) is 12.5 Å². The molecule has 1 N–H and O–H groups in total. The minimum absolute atomic E-state index is 0.00247. The van der Waals surface area contributed by atoms with Gasteiger partial charge < -0.3 is 9.88 Å². The van der Waals surface area contributed by atoms with E-state index in [1.165, 1.54) is 0 Å². The van der Waals surface area contributed by atoms with Crippen LogP contribution in [0, 0.1) is 0 Å². The summed E-state index contributed by atoms with van der Waals surface area (Å²) in [6.07, 6.45) is 3.66. The van der Waals surface area contributed by atoms with Gasteiger partial charge in [0.15, 0.2) is 5.82 Å². The lowest BCUT2D eigenvalue weighted by molar-refractivity contribution is 0.280. The highest BCUT2D eigenvalue weighted by Crippen LogP contribution is 2.22. The molecule has 0 spiro atoms. The van der Waals surface area contributed by atoms with Gasteiger partial charge >= 0.3 is 0 Å². The maximum Gasteiger partial charge on any atom is 0.157 e. The van der Waals surface area contributed by atoms with Crippen LogP contribution in [0.25, 0.3) is 0 Å². The molecule has 116 valence electrons. The number of nitrogens with zero attached hydrogens (tertiary/aromatic N) is 6. The van der Waals surface area contributed by atoms with Crippen molar-refractivity contribution in [3.8, 4) is 0 Å². The zero-order valence-electron chi connectivity index (χ0n) is 13.9. The van der Waals surface area contributed by atoms with Crippen LogP contribution >= 0.6 is 0 Å². The molecule has 2 heterocycles. The number of rotatable bonds is 4. The second kappa shape index (κ2) is 5.22. The molecule has 0 aliphatic heterocycles. The van der Waals surface area contributed by atoms with Gasteiger partial charge in [0.2, 0.25) is 0 Å². The Morgan fingerprint density at radius 1 is 1.14 bits per heavy atom. The average molecular weight is 291 g/mol. The van der Waals surface area contributed by atoms with Crippen LogP contribution in [0.4, 0.5) is 0 Å². The minimum atomic E-state index is -0.254. The van der Waals surface area contributed by atoms with Crippen molar-refractivity contribution in [1.29, 1.82) is 0 Å². The highest BCUT2D eigenvalue weighted by Gasteiger charge is 2.29. The Labute approximate surface area is 125 Å². The van der Waals surface area contributed by atoms with Gasteiger partial charge in [-0.1, -0.05) is 5.21 Å². The summed E-state index contributed by atoms with van der Waals surface area (Å²) < 4.78 is 3.72. The van der Waals surface area contributed by atoms with Crippen molar-refractivity contribution in [2.45, 2.75) is 58.7 Å². The third kappa shape index (κ3) is 3.47. The highest BCUT2D eigenvalue weighted by molar-refractivity contribution is 5.10. The molecule has 0 aromatic carbocycles. The number of aromatic nitrogens is 6. The predicted octanol–water partition coefficient (Wildman–Crippen LogP) is 1.64. The SMILES string of the molecule is CC(c1nncn1C)n1cc(C(C)(C)NC(C)(C)C)nn1. The maximum atomic E-state index is 4.33. The van der Waals surface area contributed by atoms with Crippen LogP contribution < -0.4 is 5.32 Å². The zero-order chi connectivity index (χ0) is 15.8. The summed E-state index contributed by atoms with van der Waals surface area (Å²) in [5.74, 6) is 0.855. The summed E-state index contributed by atoms with van der Waals surface area (Å²) in [5.41, 5.74) is 0.657. The Kier molecular flexibility index (Phi) is 3.88. The van der Waals surface area contributed by atoms with Gasteiger partial charge in [0.1, 0.15) is 18.1 Å². The Bertz CT molecular complexity index is 603. The largest absolute Gasteiger partial charge is 0.319 e. The molecule has 0 radical (unpaired) electrons.